The number of hydrogen-bond donors (Lipinski definition) is 0. The Hall–Kier alpha value is -16.3. The van der Waals surface area contributed by atoms with Gasteiger partial charge in [0.2, 0.25) is 0 Å². The number of fused-ring (bicyclic) bond motifs is 6. The molecule has 20 aromatic rings. The first kappa shape index (κ1) is 68.2. The third-order valence-corrected chi connectivity index (χ3v) is 19.7. The van der Waals surface area contributed by atoms with Crippen LogP contribution in [0.2, 0.25) is 0 Å². The van der Waals surface area contributed by atoms with Gasteiger partial charge in [0, 0.05) is 77.2 Å². The van der Waals surface area contributed by atoms with Gasteiger partial charge in [-0.05, 0) is 52.6 Å². The van der Waals surface area contributed by atoms with E-state index in [-0.39, 0.29) is 0 Å². The highest BCUT2D eigenvalue weighted by molar-refractivity contribution is 6.16. The summed E-state index contributed by atoms with van der Waals surface area (Å²) in [4.78, 5) is 67.1. The molecule has 6 aromatic heterocycles. The molecule has 0 amide bonds. The average Bonchev–Trinajstić information content (AvgIpc) is 1.54. The second kappa shape index (κ2) is 30.0. The molecule has 14 aromatic carbocycles. The minimum absolute atomic E-state index is 0.506. The Labute approximate surface area is 653 Å². The number of furan rings is 2. The summed E-state index contributed by atoms with van der Waals surface area (Å²) >= 11 is 0. The number of benzene rings is 14. The van der Waals surface area contributed by atoms with Crippen molar-refractivity contribution in [3.05, 3.63) is 375 Å². The summed E-state index contributed by atoms with van der Waals surface area (Å²) in [6.45, 7) is 14.7. The molecule has 0 saturated heterocycles. The Morgan fingerprint density at radius 2 is 0.421 bits per heavy atom. The van der Waals surface area contributed by atoms with Crippen molar-refractivity contribution in [3.8, 4) is 159 Å². The van der Waals surface area contributed by atoms with Crippen LogP contribution in [0.3, 0.4) is 0 Å². The SMILES string of the molecule is [C-]#[N+]c1ccc(-c2ccc(-c3nc(-c4ccccc4)nc(-c4cccc5oc6c(-c7nc(-c8ccccc8)nc(-c8ccccc8)n7)cccc6c45)n3)cc2)cc1.[C-]#[N+]c1cccc(-c2ccc(-c3nc(-c4ccccc4)nc(-c4cccc5oc6c(-c7nc(-c8ccccc8)nc(-c8ccccc8)n7)cccc6c45)n3)cc2)c1. The topological polar surface area (TPSA) is 190 Å². The standard InChI is InChI=1S/2C49H29N7O/c1-50-37-21-11-20-36(30-37)31-26-28-35(29-27-31)47-52-44(32-14-5-2-6-15-32)53-48(54-47)39-23-13-25-41-42(39)38-22-12-24-40(43(38)57-41)49-55-45(33-16-7-3-8-17-33)51-46(56-49)34-18-9-4-10-19-34;1-50-37-29-27-32(28-30-37)31-23-25-36(26-24-31)47-52-44(33-13-5-2-6-14-33)53-48(54-47)39-20-12-22-41-42(39)38-19-11-21-40(43(38)57-41)49-55-45(34-15-7-3-8-16-34)51-46(56-49)35-17-9-4-10-18-35/h2*2-30H. The van der Waals surface area contributed by atoms with Crippen molar-refractivity contribution in [1.82, 2.24) is 59.8 Å². The molecule has 0 N–H and O–H groups in total. The molecule has 20 rings (SSSR count). The van der Waals surface area contributed by atoms with Gasteiger partial charge in [-0.25, -0.2) is 69.5 Å². The first-order valence-electron chi connectivity index (χ1n) is 36.8. The summed E-state index contributed by atoms with van der Waals surface area (Å²) < 4.78 is 13.4. The van der Waals surface area contributed by atoms with Gasteiger partial charge in [0.15, 0.2) is 81.3 Å². The molecule has 0 atom stereocenters. The molecule has 0 aliphatic carbocycles. The lowest BCUT2D eigenvalue weighted by Crippen LogP contribution is -2.00. The molecule has 114 heavy (non-hydrogen) atoms. The van der Waals surface area contributed by atoms with Gasteiger partial charge in [0.25, 0.3) is 0 Å². The van der Waals surface area contributed by atoms with Gasteiger partial charge in [-0.1, -0.05) is 322 Å². The van der Waals surface area contributed by atoms with Gasteiger partial charge in [0.05, 0.1) is 24.3 Å². The zero-order valence-electron chi connectivity index (χ0n) is 60.6. The monoisotopic (exact) mass is 1460 g/mol. The van der Waals surface area contributed by atoms with Crippen molar-refractivity contribution in [2.45, 2.75) is 0 Å². The molecule has 0 radical (unpaired) electrons. The van der Waals surface area contributed by atoms with E-state index in [2.05, 4.69) is 15.8 Å². The van der Waals surface area contributed by atoms with Crippen LogP contribution in [-0.2, 0) is 0 Å². The zero-order valence-corrected chi connectivity index (χ0v) is 60.6. The van der Waals surface area contributed by atoms with Gasteiger partial charge in [-0.15, -0.1) is 0 Å². The fourth-order valence-electron chi connectivity index (χ4n) is 14.1. The van der Waals surface area contributed by atoms with Gasteiger partial charge in [0.1, 0.15) is 22.3 Å². The van der Waals surface area contributed by atoms with Crippen molar-refractivity contribution in [3.63, 3.8) is 0 Å². The van der Waals surface area contributed by atoms with E-state index in [4.69, 9.17) is 81.8 Å². The molecule has 532 valence electrons. The van der Waals surface area contributed by atoms with Crippen LogP contribution < -0.4 is 0 Å². The van der Waals surface area contributed by atoms with Gasteiger partial charge in [-0.2, -0.15) is 0 Å². The van der Waals surface area contributed by atoms with Crippen molar-refractivity contribution in [1.29, 1.82) is 0 Å². The van der Waals surface area contributed by atoms with E-state index < -0.39 is 0 Å². The molecule has 0 fully saturated rings. The highest BCUT2D eigenvalue weighted by Gasteiger charge is 2.25. The van der Waals surface area contributed by atoms with Crippen LogP contribution >= 0.6 is 0 Å². The number of para-hydroxylation sites is 2. The summed E-state index contributed by atoms with van der Waals surface area (Å²) in [7, 11) is 0. The second-order valence-electron chi connectivity index (χ2n) is 26.8. The maximum absolute atomic E-state index is 7.43. The Kier molecular flexibility index (Phi) is 18.0. The lowest BCUT2D eigenvalue weighted by Gasteiger charge is -2.10. The van der Waals surface area contributed by atoms with E-state index >= 15 is 0 Å². The minimum Gasteiger partial charge on any atom is -0.455 e. The Bertz CT molecular complexity index is 6970. The van der Waals surface area contributed by atoms with Crippen LogP contribution in [0.4, 0.5) is 11.4 Å². The second-order valence-corrected chi connectivity index (χ2v) is 26.8. The first-order valence-corrected chi connectivity index (χ1v) is 36.8. The highest BCUT2D eigenvalue weighted by Crippen LogP contribution is 2.44. The minimum atomic E-state index is 0.506. The van der Waals surface area contributed by atoms with E-state index in [1.807, 2.05) is 346 Å². The molecular formula is C98H58N14O2. The van der Waals surface area contributed by atoms with E-state index in [9.17, 15) is 0 Å². The lowest BCUT2D eigenvalue weighted by atomic mass is 10.0. The van der Waals surface area contributed by atoms with E-state index in [0.29, 0.717) is 104 Å². The predicted octanol–water partition coefficient (Wildman–Crippen LogP) is 24.4. The zero-order chi connectivity index (χ0) is 76.3. The highest BCUT2D eigenvalue weighted by atomic mass is 16.3. The molecule has 0 spiro atoms. The Morgan fingerprint density at radius 3 is 0.737 bits per heavy atom. The van der Waals surface area contributed by atoms with Gasteiger partial charge >= 0.3 is 0 Å². The molecule has 0 saturated carbocycles. The van der Waals surface area contributed by atoms with E-state index in [1.165, 1.54) is 0 Å². The predicted molar refractivity (Wildman–Crippen MR) is 450 cm³/mol. The quantitative estimate of drug-likeness (QED) is 0.0935. The summed E-state index contributed by atoms with van der Waals surface area (Å²) in [6.07, 6.45) is 0. The molecule has 16 nitrogen and oxygen atoms in total. The third-order valence-electron chi connectivity index (χ3n) is 19.7. The maximum atomic E-state index is 7.43. The van der Waals surface area contributed by atoms with Crippen molar-refractivity contribution >= 4 is 55.3 Å². The number of nitrogens with zero attached hydrogens (tertiary/aromatic N) is 14. The van der Waals surface area contributed by atoms with Crippen LogP contribution in [0.25, 0.3) is 212 Å². The van der Waals surface area contributed by atoms with E-state index in [1.54, 1.807) is 0 Å². The smallest absolute Gasteiger partial charge is 0.187 e. The summed E-state index contributed by atoms with van der Waals surface area (Å²) in [6, 6.07) is 115. The number of hydrogen-bond acceptors (Lipinski definition) is 14. The van der Waals surface area contributed by atoms with Crippen LogP contribution in [0.15, 0.2) is 361 Å². The molecular weight excluding hydrogens is 1410 g/mol. The van der Waals surface area contributed by atoms with Crippen molar-refractivity contribution in [2.24, 2.45) is 0 Å². The first-order chi connectivity index (χ1) is 56.4. The Morgan fingerprint density at radius 1 is 0.184 bits per heavy atom. The fraction of sp³-hybridized carbons (Fsp3) is 0. The molecule has 0 bridgehead atoms. The molecule has 16 heteroatoms. The lowest BCUT2D eigenvalue weighted by molar-refractivity contribution is 0.669. The maximum Gasteiger partial charge on any atom is 0.187 e. The van der Waals surface area contributed by atoms with Crippen LogP contribution in [0, 0.1) is 13.1 Å². The molecule has 6 heterocycles. The Balaban J connectivity index is 0.000000153. The average molecular weight is 1460 g/mol. The number of aromatic nitrogens is 12. The normalized spacial score (nSPS) is 11.1. The summed E-state index contributed by atoms with van der Waals surface area (Å²) in [5.41, 5.74) is 18.0. The van der Waals surface area contributed by atoms with Crippen LogP contribution in [-0.4, -0.2) is 59.8 Å². The number of rotatable bonds is 14. The van der Waals surface area contributed by atoms with Gasteiger partial charge in [-0.3, -0.25) is 0 Å². The van der Waals surface area contributed by atoms with Crippen LogP contribution in [0.1, 0.15) is 0 Å². The summed E-state index contributed by atoms with van der Waals surface area (Å²) in [5.74, 6) is 6.56. The molecule has 0 aliphatic rings. The van der Waals surface area contributed by atoms with Crippen molar-refractivity contribution in [2.75, 3.05) is 0 Å². The fourth-order valence-corrected chi connectivity index (χ4v) is 14.1. The molecule has 0 aliphatic heterocycles. The molecule has 0 unspecified atom stereocenters. The largest absolute Gasteiger partial charge is 0.455 e. The summed E-state index contributed by atoms with van der Waals surface area (Å²) in [5, 5.41) is 3.53. The van der Waals surface area contributed by atoms with E-state index in [0.717, 1.165) is 111 Å². The van der Waals surface area contributed by atoms with Gasteiger partial charge < -0.3 is 8.83 Å². The van der Waals surface area contributed by atoms with Crippen molar-refractivity contribution < 1.29 is 8.83 Å². The third kappa shape index (κ3) is 13.5. The van der Waals surface area contributed by atoms with Crippen LogP contribution in [0.5, 0.6) is 0 Å².